The first-order valence-corrected chi connectivity index (χ1v) is 23.2. The number of amides is 2. The molecule has 1 aliphatic heterocycles. The number of carbonyl (C=O) groups is 2. The van der Waals surface area contributed by atoms with Crippen LogP contribution < -0.4 is 14.8 Å². The van der Waals surface area contributed by atoms with Gasteiger partial charge in [0.1, 0.15) is 30.0 Å². The third kappa shape index (κ3) is 11.5. The number of nitrogens with zero attached hydrogens (tertiary/aromatic N) is 3. The van der Waals surface area contributed by atoms with Crippen LogP contribution in [0.5, 0.6) is 11.5 Å². The number of unbranched alkanes of at least 4 members (excludes halogenated alkanes) is 2. The van der Waals surface area contributed by atoms with E-state index in [1.807, 2.05) is 36.4 Å². The van der Waals surface area contributed by atoms with E-state index < -0.39 is 46.6 Å². The number of fused-ring (bicyclic) bond motifs is 2. The molecule has 0 aromatic heterocycles. The van der Waals surface area contributed by atoms with Crippen LogP contribution in [0.15, 0.2) is 127 Å². The number of nitro groups is 1. The van der Waals surface area contributed by atoms with Crippen molar-refractivity contribution >= 4 is 23.6 Å². The Morgan fingerprint density at radius 1 is 0.971 bits per heavy atom. The van der Waals surface area contributed by atoms with Crippen molar-refractivity contribution in [1.82, 2.24) is 10.2 Å². The van der Waals surface area contributed by atoms with Crippen LogP contribution in [0.25, 0.3) is 0 Å². The highest BCUT2D eigenvalue weighted by atomic mass is 19.1. The van der Waals surface area contributed by atoms with E-state index in [1.165, 1.54) is 29.2 Å². The maximum Gasteiger partial charge on any atom is 0.412 e. The van der Waals surface area contributed by atoms with Crippen LogP contribution in [-0.4, -0.2) is 76.2 Å². The quantitative estimate of drug-likeness (QED) is 0.0294. The van der Waals surface area contributed by atoms with Crippen LogP contribution in [0.1, 0.15) is 80.0 Å². The van der Waals surface area contributed by atoms with E-state index in [1.54, 1.807) is 49.4 Å². The number of aliphatic hydroxyl groups excluding tert-OH is 2. The van der Waals surface area contributed by atoms with Gasteiger partial charge in [0.05, 0.1) is 29.8 Å². The molecule has 360 valence electrons. The second kappa shape index (κ2) is 23.4. The monoisotopic (exact) mass is 934 g/mol. The molecule has 16 heteroatoms. The molecule has 3 aliphatic rings. The standard InChI is InChI=1S/C52H59FN4O11/c1-3-28-65-52-47(56(51(61)64-4-2)33-36-16-20-39(53)21-17-36)31-45(55-66-34-37-18-22-40(23-19-37)57(62)63)43-29-38(14-8-10-26-58)42(15-9-11-27-59)48(49(43)52)44-30-41(24-25-46(44)68-52)67-50(60)54-32-35-12-6-5-7-13-35/h3,5-7,12-13,16-25,29-30,38,42,47-49,58-59H,1,4,8-11,14-15,26-28,31-34H2,2H3,(H,54,60)/t38-,42+,47-,48+,49+,52+/m0/s1. The summed E-state index contributed by atoms with van der Waals surface area (Å²) >= 11 is 0. The van der Waals surface area contributed by atoms with Gasteiger partial charge in [-0.1, -0.05) is 72.6 Å². The summed E-state index contributed by atoms with van der Waals surface area (Å²) in [5.41, 5.74) is 4.08. The van der Waals surface area contributed by atoms with Crippen molar-refractivity contribution in [3.05, 3.63) is 160 Å². The van der Waals surface area contributed by atoms with Gasteiger partial charge in [0.25, 0.3) is 5.69 Å². The summed E-state index contributed by atoms with van der Waals surface area (Å²) in [7, 11) is 0. The van der Waals surface area contributed by atoms with Gasteiger partial charge in [0.15, 0.2) is 0 Å². The summed E-state index contributed by atoms with van der Waals surface area (Å²) < 4.78 is 40.3. The van der Waals surface area contributed by atoms with Crippen LogP contribution in [0.3, 0.4) is 0 Å². The average Bonchev–Trinajstić information content (AvgIpc) is 3.34. The number of oxime groups is 1. The number of non-ortho nitro benzene ring substituents is 1. The smallest absolute Gasteiger partial charge is 0.412 e. The van der Waals surface area contributed by atoms with Crippen LogP contribution in [0.4, 0.5) is 19.7 Å². The Labute approximate surface area is 395 Å². The Balaban J connectivity index is 1.40. The zero-order chi connectivity index (χ0) is 48.0. The summed E-state index contributed by atoms with van der Waals surface area (Å²) in [6, 6.07) is 25.5. The molecule has 3 N–H and O–H groups in total. The molecule has 4 aromatic rings. The van der Waals surface area contributed by atoms with E-state index in [9.17, 15) is 34.3 Å². The summed E-state index contributed by atoms with van der Waals surface area (Å²) in [6.45, 7) is 5.97. The number of benzene rings is 4. The van der Waals surface area contributed by atoms with Gasteiger partial charge in [-0.05, 0) is 109 Å². The lowest BCUT2D eigenvalue weighted by Gasteiger charge is -2.59. The second-order valence-corrected chi connectivity index (χ2v) is 17.2. The van der Waals surface area contributed by atoms with E-state index in [0.29, 0.717) is 61.1 Å². The number of ether oxygens (including phenoxy) is 4. The van der Waals surface area contributed by atoms with E-state index in [4.69, 9.17) is 28.9 Å². The largest absolute Gasteiger partial charge is 0.459 e. The summed E-state index contributed by atoms with van der Waals surface area (Å²) in [4.78, 5) is 46.4. The van der Waals surface area contributed by atoms with Gasteiger partial charge < -0.3 is 39.3 Å². The fourth-order valence-corrected chi connectivity index (χ4v) is 9.82. The molecule has 6 atom stereocenters. The number of carbonyl (C=O) groups excluding carboxylic acids is 2. The Morgan fingerprint density at radius 2 is 1.69 bits per heavy atom. The number of hydrogen-bond acceptors (Lipinski definition) is 12. The lowest BCUT2D eigenvalue weighted by atomic mass is 9.55. The highest BCUT2D eigenvalue weighted by molar-refractivity contribution is 6.03. The number of nitrogens with one attached hydrogen (secondary N) is 1. The van der Waals surface area contributed by atoms with Crippen molar-refractivity contribution in [1.29, 1.82) is 0 Å². The van der Waals surface area contributed by atoms with Crippen molar-refractivity contribution in [3.8, 4) is 11.5 Å². The van der Waals surface area contributed by atoms with Crippen LogP contribution in [0, 0.1) is 33.7 Å². The molecule has 0 bridgehead atoms. The van der Waals surface area contributed by atoms with Crippen molar-refractivity contribution in [2.75, 3.05) is 26.4 Å². The fourth-order valence-electron chi connectivity index (χ4n) is 9.82. The van der Waals surface area contributed by atoms with Crippen LogP contribution >= 0.6 is 0 Å². The minimum atomic E-state index is -1.64. The third-order valence-corrected chi connectivity index (χ3v) is 12.8. The van der Waals surface area contributed by atoms with Gasteiger partial charge in [0.2, 0.25) is 5.79 Å². The lowest BCUT2D eigenvalue weighted by Crippen LogP contribution is -2.70. The Bertz CT molecular complexity index is 2420. The van der Waals surface area contributed by atoms with Gasteiger partial charge in [-0.15, -0.1) is 6.58 Å². The first kappa shape index (κ1) is 49.3. The minimum absolute atomic E-state index is 0.00209. The first-order valence-electron chi connectivity index (χ1n) is 23.2. The summed E-state index contributed by atoms with van der Waals surface area (Å²) in [6.07, 6.45) is 6.43. The molecule has 0 saturated heterocycles. The highest BCUT2D eigenvalue weighted by Crippen LogP contribution is 2.62. The Kier molecular flexibility index (Phi) is 17.0. The van der Waals surface area contributed by atoms with Crippen molar-refractivity contribution < 1.29 is 52.9 Å². The van der Waals surface area contributed by atoms with Crippen LogP contribution in [0.2, 0.25) is 0 Å². The number of nitro benzene ring substituents is 1. The van der Waals surface area contributed by atoms with E-state index in [0.717, 1.165) is 16.7 Å². The summed E-state index contributed by atoms with van der Waals surface area (Å²) in [5.74, 6) is -2.70. The molecular weight excluding hydrogens is 876 g/mol. The van der Waals surface area contributed by atoms with Gasteiger partial charge in [-0.25, -0.2) is 14.0 Å². The summed E-state index contributed by atoms with van der Waals surface area (Å²) in [5, 5.41) is 39.0. The molecule has 0 radical (unpaired) electrons. The minimum Gasteiger partial charge on any atom is -0.459 e. The van der Waals surface area contributed by atoms with Gasteiger partial charge in [-0.2, -0.15) is 0 Å². The number of rotatable bonds is 22. The molecule has 1 heterocycles. The van der Waals surface area contributed by atoms with E-state index in [-0.39, 0.29) is 75.8 Å². The number of halogens is 1. The molecule has 2 aliphatic carbocycles. The first-order chi connectivity index (χ1) is 33.1. The number of hydrogen-bond donors (Lipinski definition) is 3. The molecule has 4 aromatic carbocycles. The van der Waals surface area contributed by atoms with Gasteiger partial charge in [0, 0.05) is 56.3 Å². The zero-order valence-corrected chi connectivity index (χ0v) is 38.2. The molecule has 68 heavy (non-hydrogen) atoms. The lowest BCUT2D eigenvalue weighted by molar-refractivity contribution is -0.384. The predicted octanol–water partition coefficient (Wildman–Crippen LogP) is 9.52. The zero-order valence-electron chi connectivity index (χ0n) is 38.2. The topological polar surface area (TPSA) is 192 Å². The van der Waals surface area contributed by atoms with Gasteiger partial charge in [-0.3, -0.25) is 15.0 Å². The third-order valence-electron chi connectivity index (χ3n) is 12.8. The molecule has 0 spiro atoms. The SMILES string of the molecule is C=CCO[C@@]12Oc3ccc(OC(=O)NCc4ccccc4)cc3[C@H]3[C@H](CCCCO)[C@@H](CCCCO)C=C(C(=NOCc4ccc([N+](=O)[O-])cc4)C[C@@H]1N(Cc1ccc(F)cc1)C(=O)OCC)[C@H]32. The molecule has 0 unspecified atom stereocenters. The maximum absolute atomic E-state index is 14.5. The normalized spacial score (nSPS) is 21.9. The maximum atomic E-state index is 14.5. The van der Waals surface area contributed by atoms with Gasteiger partial charge >= 0.3 is 12.2 Å². The van der Waals surface area contributed by atoms with Crippen molar-refractivity contribution in [3.63, 3.8) is 0 Å². The van der Waals surface area contributed by atoms with E-state index in [2.05, 4.69) is 18.0 Å². The van der Waals surface area contributed by atoms with Crippen LogP contribution in [-0.2, 0) is 34.0 Å². The predicted molar refractivity (Wildman–Crippen MR) is 251 cm³/mol. The second-order valence-electron chi connectivity index (χ2n) is 17.2. The molecular formula is C52H59FN4O11. The molecule has 15 nitrogen and oxygen atoms in total. The molecule has 1 saturated carbocycles. The highest BCUT2D eigenvalue weighted by Gasteiger charge is 2.65. The van der Waals surface area contributed by atoms with Crippen molar-refractivity contribution in [2.45, 2.75) is 89.3 Å². The molecule has 7 rings (SSSR count). The van der Waals surface area contributed by atoms with E-state index >= 15 is 0 Å². The van der Waals surface area contributed by atoms with Crippen molar-refractivity contribution in [2.24, 2.45) is 22.9 Å². The Hall–Kier alpha value is -6.62. The number of allylic oxidation sites excluding steroid dienone is 1. The fraction of sp³-hybridized carbons (Fsp3) is 0.404. The molecule has 1 fully saturated rings. The molecule has 2 amide bonds. The number of aliphatic hydroxyl groups is 2. The Morgan fingerprint density at radius 3 is 2.38 bits per heavy atom. The average molecular weight is 935 g/mol.